The summed E-state index contributed by atoms with van der Waals surface area (Å²) in [6.07, 6.45) is 8.47. The van der Waals surface area contributed by atoms with E-state index in [2.05, 4.69) is 20.8 Å². The Labute approximate surface area is 124 Å². The lowest BCUT2D eigenvalue weighted by Crippen LogP contribution is -2.60. The van der Waals surface area contributed by atoms with Gasteiger partial charge in [0.25, 0.3) is 0 Å². The maximum absolute atomic E-state index is 12.4. The van der Waals surface area contributed by atoms with E-state index < -0.39 is 0 Å². The molecule has 0 radical (unpaired) electrons. The molecule has 4 aliphatic carbocycles. The normalized spacial score (nSPS) is 36.9. The lowest BCUT2D eigenvalue weighted by Gasteiger charge is -2.56. The molecule has 4 bridgehead atoms. The van der Waals surface area contributed by atoms with Crippen molar-refractivity contribution in [3.8, 4) is 0 Å². The maximum Gasteiger partial charge on any atom is 0.242 e. The van der Waals surface area contributed by atoms with Crippen molar-refractivity contribution < 1.29 is 4.79 Å². The summed E-state index contributed by atoms with van der Waals surface area (Å²) >= 11 is 0. The largest absolute Gasteiger partial charge is 0.349 e. The van der Waals surface area contributed by atoms with E-state index in [0.29, 0.717) is 0 Å². The minimum Gasteiger partial charge on any atom is -0.349 e. The molecule has 0 aliphatic heterocycles. The van der Waals surface area contributed by atoms with Crippen LogP contribution in [0.25, 0.3) is 0 Å². The molecule has 0 unspecified atom stereocenters. The summed E-state index contributed by atoms with van der Waals surface area (Å²) in [5, 5.41) is 14.9. The van der Waals surface area contributed by atoms with Crippen molar-refractivity contribution in [2.75, 3.05) is 0 Å². The number of amides is 1. The number of rotatable bonds is 4. The van der Waals surface area contributed by atoms with Crippen molar-refractivity contribution in [2.24, 2.45) is 17.8 Å². The van der Waals surface area contributed by atoms with Crippen molar-refractivity contribution in [3.63, 3.8) is 0 Å². The van der Waals surface area contributed by atoms with Gasteiger partial charge in [0.15, 0.2) is 5.82 Å². The molecule has 0 aromatic carbocycles. The van der Waals surface area contributed by atoms with E-state index in [1.165, 1.54) is 38.5 Å². The fourth-order valence-corrected chi connectivity index (χ4v) is 5.33. The van der Waals surface area contributed by atoms with Gasteiger partial charge in [-0.25, -0.2) is 4.68 Å². The average Bonchev–Trinajstić information content (AvgIpc) is 2.83. The molecule has 1 heterocycles. The number of carbonyl (C=O) groups excluding carboxylic acids is 1. The van der Waals surface area contributed by atoms with Crippen LogP contribution >= 0.6 is 0 Å². The zero-order valence-electron chi connectivity index (χ0n) is 12.6. The number of aromatic nitrogens is 4. The molecule has 0 atom stereocenters. The molecule has 6 nitrogen and oxygen atoms in total. The zero-order valence-corrected chi connectivity index (χ0v) is 12.6. The molecule has 1 N–H and O–H groups in total. The lowest BCUT2D eigenvalue weighted by atomic mass is 9.53. The third-order valence-corrected chi connectivity index (χ3v) is 5.66. The SMILES string of the molecule is CCc1nnnn1CC(=O)NC12CC3CC(CC(C3)C1)C2. The summed E-state index contributed by atoms with van der Waals surface area (Å²) in [7, 11) is 0. The fraction of sp³-hybridized carbons (Fsp3) is 0.867. The van der Waals surface area contributed by atoms with E-state index >= 15 is 0 Å². The first-order valence-corrected chi connectivity index (χ1v) is 8.22. The molecule has 1 aromatic heterocycles. The van der Waals surface area contributed by atoms with Gasteiger partial charge in [0, 0.05) is 12.0 Å². The second-order valence-corrected chi connectivity index (χ2v) is 7.35. The number of tetrazole rings is 1. The van der Waals surface area contributed by atoms with Gasteiger partial charge in [-0.15, -0.1) is 5.10 Å². The molecule has 114 valence electrons. The van der Waals surface area contributed by atoms with Gasteiger partial charge in [0.05, 0.1) is 0 Å². The molecule has 1 aromatic rings. The first-order chi connectivity index (χ1) is 10.2. The monoisotopic (exact) mass is 289 g/mol. The van der Waals surface area contributed by atoms with Crippen LogP contribution in [0.5, 0.6) is 0 Å². The molecule has 4 fully saturated rings. The highest BCUT2D eigenvalue weighted by atomic mass is 16.2. The van der Waals surface area contributed by atoms with Gasteiger partial charge in [-0.3, -0.25) is 4.79 Å². The first-order valence-electron chi connectivity index (χ1n) is 8.22. The predicted molar refractivity (Wildman–Crippen MR) is 76.2 cm³/mol. The van der Waals surface area contributed by atoms with Crippen LogP contribution in [0, 0.1) is 17.8 Å². The Bertz CT molecular complexity index is 517. The molecule has 1 amide bonds. The molecular formula is C15H23N5O. The topological polar surface area (TPSA) is 72.7 Å². The molecule has 6 heteroatoms. The van der Waals surface area contributed by atoms with E-state index in [4.69, 9.17) is 0 Å². The van der Waals surface area contributed by atoms with Gasteiger partial charge < -0.3 is 5.32 Å². The smallest absolute Gasteiger partial charge is 0.242 e. The highest BCUT2D eigenvalue weighted by molar-refractivity contribution is 5.76. The van der Waals surface area contributed by atoms with Crippen LogP contribution in [0.2, 0.25) is 0 Å². The van der Waals surface area contributed by atoms with Crippen LogP contribution in [0.3, 0.4) is 0 Å². The molecule has 0 spiro atoms. The highest BCUT2D eigenvalue weighted by Crippen LogP contribution is 2.55. The molecular weight excluding hydrogens is 266 g/mol. The van der Waals surface area contributed by atoms with Gasteiger partial charge in [-0.1, -0.05) is 6.92 Å². The van der Waals surface area contributed by atoms with Crippen LogP contribution < -0.4 is 5.32 Å². The third kappa shape index (κ3) is 2.34. The van der Waals surface area contributed by atoms with Crippen LogP contribution in [0.1, 0.15) is 51.3 Å². The Balaban J connectivity index is 1.45. The number of carbonyl (C=O) groups is 1. The summed E-state index contributed by atoms with van der Waals surface area (Å²) in [6.45, 7) is 2.25. The molecule has 21 heavy (non-hydrogen) atoms. The molecule has 4 aliphatic rings. The van der Waals surface area contributed by atoms with Gasteiger partial charge in [-0.05, 0) is 66.7 Å². The summed E-state index contributed by atoms with van der Waals surface area (Å²) in [4.78, 5) is 12.4. The summed E-state index contributed by atoms with van der Waals surface area (Å²) in [5.74, 6) is 3.37. The van der Waals surface area contributed by atoms with Gasteiger partial charge in [0.2, 0.25) is 5.91 Å². The molecule has 4 saturated carbocycles. The summed E-state index contributed by atoms with van der Waals surface area (Å²) in [6, 6.07) is 0. The minimum atomic E-state index is 0.0685. The second-order valence-electron chi connectivity index (χ2n) is 7.35. The van der Waals surface area contributed by atoms with Crippen molar-refractivity contribution in [3.05, 3.63) is 5.82 Å². The Morgan fingerprint density at radius 1 is 1.24 bits per heavy atom. The van der Waals surface area contributed by atoms with Gasteiger partial charge >= 0.3 is 0 Å². The van der Waals surface area contributed by atoms with Crippen LogP contribution in [0.4, 0.5) is 0 Å². The van der Waals surface area contributed by atoms with Crippen LogP contribution in [-0.4, -0.2) is 31.7 Å². The first kappa shape index (κ1) is 13.2. The zero-order chi connectivity index (χ0) is 14.4. The standard InChI is InChI=1S/C15H23N5O/c1-2-13-17-18-19-20(13)9-14(21)16-15-6-10-3-11(7-15)5-12(4-10)8-15/h10-12H,2-9H2,1H3,(H,16,21). The van der Waals surface area contributed by atoms with E-state index in [1.54, 1.807) is 4.68 Å². The van der Waals surface area contributed by atoms with Crippen molar-refractivity contribution in [2.45, 2.75) is 64.0 Å². The average molecular weight is 289 g/mol. The third-order valence-electron chi connectivity index (χ3n) is 5.66. The summed E-state index contributed by atoms with van der Waals surface area (Å²) < 4.78 is 1.62. The number of nitrogens with one attached hydrogen (secondary N) is 1. The molecule has 0 saturated heterocycles. The van der Waals surface area contributed by atoms with Crippen molar-refractivity contribution >= 4 is 5.91 Å². The quantitative estimate of drug-likeness (QED) is 0.907. The van der Waals surface area contributed by atoms with Crippen LogP contribution in [-0.2, 0) is 17.8 Å². The van der Waals surface area contributed by atoms with E-state index in [1.807, 2.05) is 6.92 Å². The molecule has 5 rings (SSSR count). The Hall–Kier alpha value is -1.46. The maximum atomic E-state index is 12.4. The lowest BCUT2D eigenvalue weighted by molar-refractivity contribution is -0.127. The fourth-order valence-electron chi connectivity index (χ4n) is 5.33. The number of hydrogen-bond donors (Lipinski definition) is 1. The van der Waals surface area contributed by atoms with Crippen molar-refractivity contribution in [1.82, 2.24) is 25.5 Å². The van der Waals surface area contributed by atoms with Gasteiger partial charge in [0.1, 0.15) is 6.54 Å². The number of hydrogen-bond acceptors (Lipinski definition) is 4. The van der Waals surface area contributed by atoms with Gasteiger partial charge in [-0.2, -0.15) is 0 Å². The van der Waals surface area contributed by atoms with Crippen LogP contribution in [0.15, 0.2) is 0 Å². The minimum absolute atomic E-state index is 0.0685. The Morgan fingerprint density at radius 3 is 2.43 bits per heavy atom. The van der Waals surface area contributed by atoms with E-state index in [9.17, 15) is 4.79 Å². The predicted octanol–water partition coefficient (Wildman–Crippen LogP) is 1.32. The van der Waals surface area contributed by atoms with E-state index in [0.717, 1.165) is 30.0 Å². The van der Waals surface area contributed by atoms with E-state index in [-0.39, 0.29) is 18.0 Å². The Morgan fingerprint density at radius 2 is 1.86 bits per heavy atom. The van der Waals surface area contributed by atoms with Crippen molar-refractivity contribution in [1.29, 1.82) is 0 Å². The second kappa shape index (κ2) is 4.78. The summed E-state index contributed by atoms with van der Waals surface area (Å²) in [5.41, 5.74) is 0.0756. The number of nitrogens with zero attached hydrogens (tertiary/aromatic N) is 4. The number of aryl methyl sites for hydroxylation is 1. The Kier molecular flexibility index (Phi) is 3.01. The highest BCUT2D eigenvalue weighted by Gasteiger charge is 2.51.